The van der Waals surface area contributed by atoms with Gasteiger partial charge in [0.1, 0.15) is 11.3 Å². The number of pyridine rings is 1. The zero-order valence-electron chi connectivity index (χ0n) is 13.8. The number of furan rings is 1. The summed E-state index contributed by atoms with van der Waals surface area (Å²) in [6, 6.07) is 5.88. The summed E-state index contributed by atoms with van der Waals surface area (Å²) in [5.41, 5.74) is 0.112. The Morgan fingerprint density at radius 1 is 1.12 bits per heavy atom. The minimum atomic E-state index is -0.803. The number of aromatic nitrogens is 1. The van der Waals surface area contributed by atoms with E-state index in [4.69, 9.17) is 4.42 Å². The summed E-state index contributed by atoms with van der Waals surface area (Å²) < 4.78 is 5.74. The highest BCUT2D eigenvalue weighted by atomic mass is 16.4. The molecule has 8 nitrogen and oxygen atoms in total. The van der Waals surface area contributed by atoms with E-state index in [1.54, 1.807) is 18.2 Å². The van der Waals surface area contributed by atoms with Crippen molar-refractivity contribution >= 4 is 35.5 Å². The summed E-state index contributed by atoms with van der Waals surface area (Å²) in [6.07, 6.45) is 6.48. The zero-order chi connectivity index (χ0) is 18.1. The van der Waals surface area contributed by atoms with Gasteiger partial charge in [0, 0.05) is 25.4 Å². The van der Waals surface area contributed by atoms with E-state index in [0.717, 1.165) is 30.8 Å². The van der Waals surface area contributed by atoms with Gasteiger partial charge >= 0.3 is 6.03 Å². The summed E-state index contributed by atoms with van der Waals surface area (Å²) >= 11 is 0. The van der Waals surface area contributed by atoms with Gasteiger partial charge in [-0.25, -0.2) is 9.69 Å². The van der Waals surface area contributed by atoms with Gasteiger partial charge in [0.05, 0.1) is 11.9 Å². The molecule has 0 aliphatic carbocycles. The third kappa shape index (κ3) is 2.85. The van der Waals surface area contributed by atoms with Gasteiger partial charge in [-0.1, -0.05) is 0 Å². The summed E-state index contributed by atoms with van der Waals surface area (Å²) in [5, 5.41) is 2.17. The van der Waals surface area contributed by atoms with Gasteiger partial charge in [-0.2, -0.15) is 0 Å². The van der Waals surface area contributed by atoms with Crippen LogP contribution in [0.4, 0.5) is 16.4 Å². The molecule has 0 radical (unpaired) electrons. The molecule has 2 aromatic heterocycles. The van der Waals surface area contributed by atoms with Crippen molar-refractivity contribution in [2.24, 2.45) is 0 Å². The minimum absolute atomic E-state index is 0.171. The van der Waals surface area contributed by atoms with E-state index in [2.05, 4.69) is 15.2 Å². The molecular weight excluding hydrogens is 336 g/mol. The average Bonchev–Trinajstić information content (AvgIpc) is 3.31. The molecule has 2 saturated heterocycles. The lowest BCUT2D eigenvalue weighted by molar-refractivity contribution is -0.122. The second-order valence-corrected chi connectivity index (χ2v) is 6.04. The number of urea groups is 1. The highest BCUT2D eigenvalue weighted by Crippen LogP contribution is 2.26. The predicted molar refractivity (Wildman–Crippen MR) is 93.4 cm³/mol. The summed E-state index contributed by atoms with van der Waals surface area (Å²) in [6.45, 7) is 1.85. The van der Waals surface area contributed by atoms with Crippen molar-refractivity contribution in [3.63, 3.8) is 0 Å². The topological polar surface area (TPSA) is 95.8 Å². The van der Waals surface area contributed by atoms with Crippen LogP contribution in [0, 0.1) is 0 Å². The van der Waals surface area contributed by atoms with Crippen LogP contribution in [0.15, 0.2) is 46.6 Å². The maximum atomic E-state index is 12.7. The summed E-state index contributed by atoms with van der Waals surface area (Å²) in [7, 11) is 0. The van der Waals surface area contributed by atoms with E-state index in [1.807, 2.05) is 6.07 Å². The van der Waals surface area contributed by atoms with Crippen LogP contribution in [-0.4, -0.2) is 35.9 Å². The van der Waals surface area contributed by atoms with Crippen LogP contribution in [0.2, 0.25) is 0 Å². The molecule has 132 valence electrons. The second kappa shape index (κ2) is 6.47. The molecule has 0 unspecified atom stereocenters. The van der Waals surface area contributed by atoms with E-state index in [1.165, 1.54) is 18.5 Å². The molecule has 0 aromatic carbocycles. The quantitative estimate of drug-likeness (QED) is 0.670. The van der Waals surface area contributed by atoms with Crippen LogP contribution in [0.1, 0.15) is 18.6 Å². The van der Waals surface area contributed by atoms with Crippen molar-refractivity contribution in [3.05, 3.63) is 48.0 Å². The number of nitrogens with one attached hydrogen (secondary N) is 1. The lowest BCUT2D eigenvalue weighted by atomic mass is 10.1. The van der Waals surface area contributed by atoms with Crippen LogP contribution >= 0.6 is 0 Å². The first-order valence-corrected chi connectivity index (χ1v) is 8.30. The third-order valence-corrected chi connectivity index (χ3v) is 4.32. The average molecular weight is 352 g/mol. The van der Waals surface area contributed by atoms with Crippen LogP contribution in [0.5, 0.6) is 0 Å². The number of rotatable bonds is 3. The third-order valence-electron chi connectivity index (χ3n) is 4.32. The molecular formula is C18H16N4O4. The molecule has 1 N–H and O–H groups in total. The van der Waals surface area contributed by atoms with Crippen molar-refractivity contribution in [3.8, 4) is 0 Å². The Bertz CT molecular complexity index is 897. The molecule has 2 aromatic rings. The number of hydrogen-bond acceptors (Lipinski definition) is 6. The molecule has 2 aliphatic heterocycles. The van der Waals surface area contributed by atoms with Crippen molar-refractivity contribution in [1.29, 1.82) is 0 Å². The fourth-order valence-corrected chi connectivity index (χ4v) is 3.05. The Labute approximate surface area is 149 Å². The number of imide groups is 2. The monoisotopic (exact) mass is 352 g/mol. The Morgan fingerprint density at radius 3 is 2.65 bits per heavy atom. The lowest BCUT2D eigenvalue weighted by Crippen LogP contribution is -2.54. The van der Waals surface area contributed by atoms with E-state index in [-0.39, 0.29) is 11.3 Å². The predicted octanol–water partition coefficient (Wildman–Crippen LogP) is 1.94. The van der Waals surface area contributed by atoms with Crippen LogP contribution < -0.4 is 15.1 Å². The zero-order valence-corrected chi connectivity index (χ0v) is 13.8. The van der Waals surface area contributed by atoms with Crippen molar-refractivity contribution in [1.82, 2.24) is 10.3 Å². The van der Waals surface area contributed by atoms with E-state index < -0.39 is 17.8 Å². The van der Waals surface area contributed by atoms with E-state index in [9.17, 15) is 14.4 Å². The van der Waals surface area contributed by atoms with Gasteiger partial charge in [0.2, 0.25) is 0 Å². The molecule has 4 rings (SSSR count). The fraction of sp³-hybridized carbons (Fsp3) is 0.222. The number of nitrogens with zero attached hydrogens (tertiary/aromatic N) is 3. The number of carbonyl (C=O) groups excluding carboxylic acids is 3. The van der Waals surface area contributed by atoms with Crippen LogP contribution in [0.3, 0.4) is 0 Å². The highest BCUT2D eigenvalue weighted by molar-refractivity contribution is 6.39. The molecule has 4 amide bonds. The lowest BCUT2D eigenvalue weighted by Gasteiger charge is -2.25. The SMILES string of the molecule is O=C1NC(=O)N(c2cccnc2)C(=O)/C1=C/c1ccc(N2CCCC2)o1. The second-order valence-electron chi connectivity index (χ2n) is 6.04. The van der Waals surface area contributed by atoms with E-state index in [0.29, 0.717) is 11.6 Å². The largest absolute Gasteiger partial charge is 0.441 e. The fourth-order valence-electron chi connectivity index (χ4n) is 3.05. The standard InChI is InChI=1S/C18H16N4O4/c23-16-14(10-13-5-6-15(26-13)21-8-1-2-9-21)17(24)22(18(25)20-16)12-4-3-7-19-11-12/h3-7,10-11H,1-2,8-9H2,(H,20,23,25)/b14-10+. The van der Waals surface area contributed by atoms with Crippen molar-refractivity contribution in [2.75, 3.05) is 22.9 Å². The first-order valence-electron chi connectivity index (χ1n) is 8.30. The van der Waals surface area contributed by atoms with Gasteiger partial charge in [-0.3, -0.25) is 19.9 Å². The molecule has 2 fully saturated rings. The smallest absolute Gasteiger partial charge is 0.336 e. The summed E-state index contributed by atoms with van der Waals surface area (Å²) in [4.78, 5) is 43.8. The normalized spacial score (nSPS) is 19.4. The summed E-state index contributed by atoms with van der Waals surface area (Å²) in [5.74, 6) is -0.380. The Kier molecular flexibility index (Phi) is 4.00. The van der Waals surface area contributed by atoms with E-state index >= 15 is 0 Å². The van der Waals surface area contributed by atoms with Crippen LogP contribution in [0.25, 0.3) is 6.08 Å². The van der Waals surface area contributed by atoms with Gasteiger partial charge in [-0.15, -0.1) is 0 Å². The van der Waals surface area contributed by atoms with Gasteiger partial charge in [0.25, 0.3) is 11.8 Å². The van der Waals surface area contributed by atoms with Gasteiger partial charge < -0.3 is 9.32 Å². The Hall–Kier alpha value is -3.42. The van der Waals surface area contributed by atoms with Crippen molar-refractivity contribution in [2.45, 2.75) is 12.8 Å². The molecule has 8 heteroatoms. The van der Waals surface area contributed by atoms with Gasteiger partial charge in [-0.05, 0) is 37.1 Å². The molecule has 0 saturated carbocycles. The Morgan fingerprint density at radius 2 is 1.92 bits per heavy atom. The van der Waals surface area contributed by atoms with Crippen molar-refractivity contribution < 1.29 is 18.8 Å². The number of amides is 4. The highest BCUT2D eigenvalue weighted by Gasteiger charge is 2.37. The first-order chi connectivity index (χ1) is 12.6. The number of barbiturate groups is 1. The first kappa shape index (κ1) is 16.1. The molecule has 0 spiro atoms. The Balaban J connectivity index is 1.64. The van der Waals surface area contributed by atoms with Gasteiger partial charge in [0.15, 0.2) is 5.88 Å². The maximum absolute atomic E-state index is 12.7. The molecule has 0 atom stereocenters. The number of anilines is 2. The minimum Gasteiger partial charge on any atom is -0.441 e. The molecule has 4 heterocycles. The maximum Gasteiger partial charge on any atom is 0.336 e. The van der Waals surface area contributed by atoms with Crippen LogP contribution in [-0.2, 0) is 9.59 Å². The number of hydrogen-bond donors (Lipinski definition) is 1. The number of carbonyl (C=O) groups is 3. The molecule has 26 heavy (non-hydrogen) atoms. The molecule has 2 aliphatic rings. The molecule has 0 bridgehead atoms.